The quantitative estimate of drug-likeness (QED) is 0.564. The molecule has 0 bridgehead atoms. The topological polar surface area (TPSA) is 23.6 Å². The standard InChI is InChI=1S/C24H23ClN2O.ClH/c25-22-13-11-21(12-14-22)24(28)27-17-15-26(16-18-27)23(19-7-3-1-4-8-19)20-9-5-2-6-10-20;/h1-14,23H,15-18H2;1H. The van der Waals surface area contributed by atoms with Crippen molar-refractivity contribution in [1.29, 1.82) is 0 Å². The molecule has 1 amide bonds. The molecule has 3 aromatic carbocycles. The molecule has 29 heavy (non-hydrogen) atoms. The van der Waals surface area contributed by atoms with Crippen LogP contribution in [0.1, 0.15) is 27.5 Å². The first kappa shape index (κ1) is 21.4. The number of halogens is 2. The van der Waals surface area contributed by atoms with Crippen LogP contribution >= 0.6 is 24.0 Å². The average molecular weight is 427 g/mol. The zero-order valence-electron chi connectivity index (χ0n) is 16.1. The Hall–Kier alpha value is -2.33. The van der Waals surface area contributed by atoms with Gasteiger partial charge in [0.1, 0.15) is 0 Å². The average Bonchev–Trinajstić information content (AvgIpc) is 2.76. The van der Waals surface area contributed by atoms with Crippen LogP contribution < -0.4 is 0 Å². The molecule has 0 radical (unpaired) electrons. The van der Waals surface area contributed by atoms with Crippen molar-refractivity contribution in [3.8, 4) is 0 Å². The zero-order chi connectivity index (χ0) is 19.3. The van der Waals surface area contributed by atoms with Crippen molar-refractivity contribution in [2.75, 3.05) is 26.2 Å². The first-order valence-corrected chi connectivity index (χ1v) is 9.99. The van der Waals surface area contributed by atoms with E-state index >= 15 is 0 Å². The Morgan fingerprint density at radius 2 is 1.21 bits per heavy atom. The SMILES string of the molecule is Cl.O=C(c1ccc(Cl)cc1)N1CCN(C(c2ccccc2)c2ccccc2)CC1. The van der Waals surface area contributed by atoms with Crippen LogP contribution in [0.25, 0.3) is 0 Å². The van der Waals surface area contributed by atoms with Gasteiger partial charge in [-0.2, -0.15) is 0 Å². The molecule has 3 aromatic rings. The van der Waals surface area contributed by atoms with Crippen LogP contribution in [0.2, 0.25) is 5.02 Å². The lowest BCUT2D eigenvalue weighted by atomic mass is 9.96. The smallest absolute Gasteiger partial charge is 0.253 e. The first-order valence-electron chi connectivity index (χ1n) is 9.61. The van der Waals surface area contributed by atoms with Crippen LogP contribution in [0.5, 0.6) is 0 Å². The molecule has 0 aromatic heterocycles. The lowest BCUT2D eigenvalue weighted by Gasteiger charge is -2.39. The van der Waals surface area contributed by atoms with E-state index in [1.165, 1.54) is 11.1 Å². The molecular weight excluding hydrogens is 403 g/mol. The third kappa shape index (κ3) is 4.99. The van der Waals surface area contributed by atoms with E-state index in [9.17, 15) is 4.79 Å². The summed E-state index contributed by atoms with van der Waals surface area (Å²) in [4.78, 5) is 17.2. The highest BCUT2D eigenvalue weighted by Gasteiger charge is 2.28. The lowest BCUT2D eigenvalue weighted by Crippen LogP contribution is -2.49. The number of hydrogen-bond donors (Lipinski definition) is 0. The van der Waals surface area contributed by atoms with E-state index in [1.54, 1.807) is 24.3 Å². The summed E-state index contributed by atoms with van der Waals surface area (Å²) in [6, 6.07) is 28.5. The van der Waals surface area contributed by atoms with Gasteiger partial charge in [0.15, 0.2) is 0 Å². The minimum Gasteiger partial charge on any atom is -0.336 e. The van der Waals surface area contributed by atoms with Gasteiger partial charge in [0.05, 0.1) is 6.04 Å². The molecule has 0 unspecified atom stereocenters. The summed E-state index contributed by atoms with van der Waals surface area (Å²) in [5, 5.41) is 0.648. The van der Waals surface area contributed by atoms with E-state index in [-0.39, 0.29) is 24.4 Å². The van der Waals surface area contributed by atoms with E-state index in [0.717, 1.165) is 26.2 Å². The second kappa shape index (κ2) is 9.93. The van der Waals surface area contributed by atoms with Gasteiger partial charge in [0.25, 0.3) is 5.91 Å². The summed E-state index contributed by atoms with van der Waals surface area (Å²) in [5.74, 6) is 0.0762. The van der Waals surface area contributed by atoms with E-state index in [2.05, 4.69) is 53.4 Å². The Labute approximate surface area is 183 Å². The summed E-state index contributed by atoms with van der Waals surface area (Å²) in [6.07, 6.45) is 0. The normalized spacial score (nSPS) is 14.5. The number of piperazine rings is 1. The molecule has 150 valence electrons. The number of carbonyl (C=O) groups excluding carboxylic acids is 1. The van der Waals surface area contributed by atoms with Crippen molar-refractivity contribution in [2.45, 2.75) is 6.04 Å². The monoisotopic (exact) mass is 426 g/mol. The minimum absolute atomic E-state index is 0. The summed E-state index contributed by atoms with van der Waals surface area (Å²) in [5.41, 5.74) is 3.26. The van der Waals surface area contributed by atoms with E-state index < -0.39 is 0 Å². The number of benzene rings is 3. The second-order valence-electron chi connectivity index (χ2n) is 7.06. The molecule has 1 aliphatic heterocycles. The Morgan fingerprint density at radius 1 is 0.724 bits per heavy atom. The van der Waals surface area contributed by atoms with Crippen LogP contribution in [-0.4, -0.2) is 41.9 Å². The number of carbonyl (C=O) groups is 1. The highest BCUT2D eigenvalue weighted by Crippen LogP contribution is 2.29. The number of amides is 1. The van der Waals surface area contributed by atoms with Gasteiger partial charge in [0, 0.05) is 36.8 Å². The molecule has 1 saturated heterocycles. The Balaban J connectivity index is 0.00000240. The van der Waals surface area contributed by atoms with Crippen molar-refractivity contribution < 1.29 is 4.79 Å². The minimum atomic E-state index is 0. The van der Waals surface area contributed by atoms with Gasteiger partial charge in [-0.25, -0.2) is 0 Å². The lowest BCUT2D eigenvalue weighted by molar-refractivity contribution is 0.0597. The van der Waals surface area contributed by atoms with Gasteiger partial charge in [-0.3, -0.25) is 9.69 Å². The van der Waals surface area contributed by atoms with Crippen LogP contribution in [0.3, 0.4) is 0 Å². The molecule has 1 fully saturated rings. The summed E-state index contributed by atoms with van der Waals surface area (Å²) >= 11 is 5.94. The van der Waals surface area contributed by atoms with Crippen LogP contribution in [-0.2, 0) is 0 Å². The van der Waals surface area contributed by atoms with Crippen molar-refractivity contribution >= 4 is 29.9 Å². The predicted octanol–water partition coefficient (Wildman–Crippen LogP) is 5.31. The van der Waals surface area contributed by atoms with Crippen molar-refractivity contribution in [2.24, 2.45) is 0 Å². The van der Waals surface area contributed by atoms with Crippen molar-refractivity contribution in [1.82, 2.24) is 9.80 Å². The van der Waals surface area contributed by atoms with Gasteiger partial charge < -0.3 is 4.90 Å². The van der Waals surface area contributed by atoms with Crippen LogP contribution in [0.4, 0.5) is 0 Å². The number of nitrogens with zero attached hydrogens (tertiary/aromatic N) is 2. The summed E-state index contributed by atoms with van der Waals surface area (Å²) in [7, 11) is 0. The van der Waals surface area contributed by atoms with Crippen molar-refractivity contribution in [3.05, 3.63) is 107 Å². The Kier molecular flexibility index (Phi) is 7.32. The molecule has 0 atom stereocenters. The molecule has 4 rings (SSSR count). The second-order valence-corrected chi connectivity index (χ2v) is 7.50. The van der Waals surface area contributed by atoms with E-state index in [0.29, 0.717) is 10.6 Å². The van der Waals surface area contributed by atoms with Gasteiger partial charge >= 0.3 is 0 Å². The molecule has 3 nitrogen and oxygen atoms in total. The molecule has 0 aliphatic carbocycles. The van der Waals surface area contributed by atoms with E-state index in [1.807, 2.05) is 17.0 Å². The van der Waals surface area contributed by atoms with E-state index in [4.69, 9.17) is 11.6 Å². The Morgan fingerprint density at radius 3 is 1.69 bits per heavy atom. The molecule has 0 saturated carbocycles. The highest BCUT2D eigenvalue weighted by molar-refractivity contribution is 6.30. The molecule has 0 N–H and O–H groups in total. The zero-order valence-corrected chi connectivity index (χ0v) is 17.6. The molecule has 1 heterocycles. The predicted molar refractivity (Wildman–Crippen MR) is 121 cm³/mol. The highest BCUT2D eigenvalue weighted by atomic mass is 35.5. The molecular formula is C24H24Cl2N2O. The third-order valence-electron chi connectivity index (χ3n) is 5.29. The third-order valence-corrected chi connectivity index (χ3v) is 5.54. The maximum Gasteiger partial charge on any atom is 0.253 e. The Bertz CT molecular complexity index is 869. The summed E-state index contributed by atoms with van der Waals surface area (Å²) in [6.45, 7) is 3.12. The number of hydrogen-bond acceptors (Lipinski definition) is 2. The fourth-order valence-electron chi connectivity index (χ4n) is 3.84. The fourth-order valence-corrected chi connectivity index (χ4v) is 3.97. The molecule has 0 spiro atoms. The maximum absolute atomic E-state index is 12.8. The maximum atomic E-state index is 12.8. The van der Waals surface area contributed by atoms with Gasteiger partial charge in [-0.1, -0.05) is 72.3 Å². The van der Waals surface area contributed by atoms with Crippen molar-refractivity contribution in [3.63, 3.8) is 0 Å². The van der Waals surface area contributed by atoms with Crippen LogP contribution in [0.15, 0.2) is 84.9 Å². The first-order chi connectivity index (χ1) is 13.7. The number of rotatable bonds is 4. The largest absolute Gasteiger partial charge is 0.336 e. The van der Waals surface area contributed by atoms with Crippen LogP contribution in [0, 0.1) is 0 Å². The van der Waals surface area contributed by atoms with Gasteiger partial charge in [0.2, 0.25) is 0 Å². The fraction of sp³-hybridized carbons (Fsp3) is 0.208. The summed E-state index contributed by atoms with van der Waals surface area (Å²) < 4.78 is 0. The molecule has 5 heteroatoms. The molecule has 1 aliphatic rings. The van der Waals surface area contributed by atoms with Gasteiger partial charge in [-0.15, -0.1) is 12.4 Å². The van der Waals surface area contributed by atoms with Gasteiger partial charge in [-0.05, 0) is 35.4 Å².